The minimum absolute atomic E-state index is 0.940. The fraction of sp³-hybridized carbons (Fsp3) is 0.0769. The Hall–Kier alpha value is -1.76. The van der Waals surface area contributed by atoms with E-state index in [0.717, 1.165) is 6.42 Å². The number of nitrogens with one attached hydrogen (secondary N) is 1. The molecule has 0 amide bonds. The number of aromatic amines is 1. The summed E-state index contributed by atoms with van der Waals surface area (Å²) in [7, 11) is 0. The lowest BCUT2D eigenvalue weighted by atomic mass is 10.0. The number of H-pyrrole nitrogens is 1. The molecule has 1 nitrogen and oxygen atoms in total. The van der Waals surface area contributed by atoms with Crippen LogP contribution < -0.4 is 0 Å². The molecule has 0 saturated carbocycles. The van der Waals surface area contributed by atoms with Crippen LogP contribution in [0.5, 0.6) is 0 Å². The Kier molecular flexibility index (Phi) is 2.50. The van der Waals surface area contributed by atoms with Crippen molar-refractivity contribution in [1.29, 1.82) is 0 Å². The first kappa shape index (κ1) is 8.82. The van der Waals surface area contributed by atoms with Gasteiger partial charge in [-0.05, 0) is 23.3 Å². The van der Waals surface area contributed by atoms with Gasteiger partial charge in [-0.2, -0.15) is 0 Å². The standard InChI is InChI=1S/C13H13N/c1-2-11-6-3-4-7-12(11)10-13-8-5-9-14-13/h2-9,14H,1,10H2. The molecular formula is C13H13N. The molecule has 0 aliphatic carbocycles. The monoisotopic (exact) mass is 183 g/mol. The molecule has 0 aliphatic heterocycles. The summed E-state index contributed by atoms with van der Waals surface area (Å²) in [5, 5.41) is 0. The van der Waals surface area contributed by atoms with Crippen molar-refractivity contribution in [2.75, 3.05) is 0 Å². The Bertz CT molecular complexity index is 413. The molecule has 1 heteroatoms. The fourth-order valence-corrected chi connectivity index (χ4v) is 1.58. The zero-order chi connectivity index (χ0) is 9.80. The predicted octanol–water partition coefficient (Wildman–Crippen LogP) is 3.25. The summed E-state index contributed by atoms with van der Waals surface area (Å²) in [5.74, 6) is 0. The zero-order valence-electron chi connectivity index (χ0n) is 8.03. The maximum Gasteiger partial charge on any atom is 0.0191 e. The zero-order valence-corrected chi connectivity index (χ0v) is 8.03. The number of aromatic nitrogens is 1. The van der Waals surface area contributed by atoms with Crippen molar-refractivity contribution in [3.8, 4) is 0 Å². The second kappa shape index (κ2) is 3.97. The molecule has 0 bridgehead atoms. The summed E-state index contributed by atoms with van der Waals surface area (Å²) >= 11 is 0. The summed E-state index contributed by atoms with van der Waals surface area (Å²) in [6.07, 6.45) is 4.79. The molecule has 70 valence electrons. The van der Waals surface area contributed by atoms with E-state index in [1.54, 1.807) is 0 Å². The Labute approximate surface area is 84.1 Å². The summed E-state index contributed by atoms with van der Waals surface area (Å²) in [6, 6.07) is 12.4. The Morgan fingerprint density at radius 1 is 1.14 bits per heavy atom. The van der Waals surface area contributed by atoms with E-state index >= 15 is 0 Å². The number of hydrogen-bond acceptors (Lipinski definition) is 0. The van der Waals surface area contributed by atoms with E-state index in [0.29, 0.717) is 0 Å². The molecule has 0 radical (unpaired) electrons. The van der Waals surface area contributed by atoms with Gasteiger partial charge in [0.25, 0.3) is 0 Å². The van der Waals surface area contributed by atoms with Crippen LogP contribution in [0.25, 0.3) is 6.08 Å². The van der Waals surface area contributed by atoms with Crippen molar-refractivity contribution >= 4 is 6.08 Å². The van der Waals surface area contributed by atoms with E-state index in [-0.39, 0.29) is 0 Å². The number of rotatable bonds is 3. The van der Waals surface area contributed by atoms with E-state index in [2.05, 4.69) is 35.8 Å². The van der Waals surface area contributed by atoms with E-state index in [4.69, 9.17) is 0 Å². The highest BCUT2D eigenvalue weighted by Gasteiger charge is 1.99. The SMILES string of the molecule is C=Cc1ccccc1Cc1ccc[nH]1. The molecule has 1 N–H and O–H groups in total. The van der Waals surface area contributed by atoms with Gasteiger partial charge in [-0.25, -0.2) is 0 Å². The predicted molar refractivity (Wildman–Crippen MR) is 60.1 cm³/mol. The number of hydrogen-bond donors (Lipinski definition) is 1. The van der Waals surface area contributed by atoms with Gasteiger partial charge in [-0.3, -0.25) is 0 Å². The van der Waals surface area contributed by atoms with Crippen molar-refractivity contribution in [2.45, 2.75) is 6.42 Å². The lowest BCUT2D eigenvalue weighted by molar-refractivity contribution is 1.10. The van der Waals surface area contributed by atoms with Crippen LogP contribution in [-0.4, -0.2) is 4.98 Å². The van der Waals surface area contributed by atoms with Gasteiger partial charge < -0.3 is 4.98 Å². The van der Waals surface area contributed by atoms with E-state index in [9.17, 15) is 0 Å². The summed E-state index contributed by atoms with van der Waals surface area (Å²) in [5.41, 5.74) is 3.76. The fourth-order valence-electron chi connectivity index (χ4n) is 1.58. The average molecular weight is 183 g/mol. The topological polar surface area (TPSA) is 15.8 Å². The molecular weight excluding hydrogens is 170 g/mol. The van der Waals surface area contributed by atoms with Crippen LogP contribution in [0, 0.1) is 0 Å². The molecule has 0 unspecified atom stereocenters. The van der Waals surface area contributed by atoms with Crippen LogP contribution in [0.4, 0.5) is 0 Å². The molecule has 2 aromatic rings. The van der Waals surface area contributed by atoms with Crippen LogP contribution in [0.1, 0.15) is 16.8 Å². The van der Waals surface area contributed by atoms with Crippen LogP contribution >= 0.6 is 0 Å². The minimum Gasteiger partial charge on any atom is -0.365 e. The Morgan fingerprint density at radius 3 is 2.71 bits per heavy atom. The van der Waals surface area contributed by atoms with Crippen LogP contribution in [0.2, 0.25) is 0 Å². The third-order valence-corrected chi connectivity index (χ3v) is 2.32. The van der Waals surface area contributed by atoms with Crippen LogP contribution in [-0.2, 0) is 6.42 Å². The third-order valence-electron chi connectivity index (χ3n) is 2.32. The van der Waals surface area contributed by atoms with Gasteiger partial charge in [0.2, 0.25) is 0 Å². The minimum atomic E-state index is 0.940. The van der Waals surface area contributed by atoms with E-state index < -0.39 is 0 Å². The molecule has 2 rings (SSSR count). The molecule has 0 spiro atoms. The first-order chi connectivity index (χ1) is 6.90. The summed E-state index contributed by atoms with van der Waals surface area (Å²) < 4.78 is 0. The van der Waals surface area contributed by atoms with Crippen molar-refractivity contribution in [3.05, 3.63) is 66.0 Å². The van der Waals surface area contributed by atoms with Gasteiger partial charge in [0.1, 0.15) is 0 Å². The molecule has 14 heavy (non-hydrogen) atoms. The van der Waals surface area contributed by atoms with Gasteiger partial charge in [-0.1, -0.05) is 36.9 Å². The Balaban J connectivity index is 2.28. The van der Waals surface area contributed by atoms with Crippen molar-refractivity contribution in [3.63, 3.8) is 0 Å². The Morgan fingerprint density at radius 2 is 2.00 bits per heavy atom. The van der Waals surface area contributed by atoms with Crippen molar-refractivity contribution in [2.24, 2.45) is 0 Å². The molecule has 1 aromatic heterocycles. The lowest BCUT2D eigenvalue weighted by Gasteiger charge is -2.03. The largest absolute Gasteiger partial charge is 0.365 e. The second-order valence-corrected chi connectivity index (χ2v) is 3.28. The van der Waals surface area contributed by atoms with Crippen molar-refractivity contribution in [1.82, 2.24) is 4.98 Å². The molecule has 0 aliphatic rings. The van der Waals surface area contributed by atoms with E-state index in [1.165, 1.54) is 16.8 Å². The summed E-state index contributed by atoms with van der Waals surface area (Å²) in [6.45, 7) is 3.81. The van der Waals surface area contributed by atoms with Crippen LogP contribution in [0.15, 0.2) is 49.2 Å². The maximum atomic E-state index is 3.81. The van der Waals surface area contributed by atoms with Gasteiger partial charge in [0, 0.05) is 18.3 Å². The highest BCUT2D eigenvalue weighted by Crippen LogP contribution is 2.13. The first-order valence-corrected chi connectivity index (χ1v) is 4.73. The molecule has 0 fully saturated rings. The normalized spacial score (nSPS) is 10.0. The highest BCUT2D eigenvalue weighted by molar-refractivity contribution is 5.52. The smallest absolute Gasteiger partial charge is 0.0191 e. The summed E-state index contributed by atoms with van der Waals surface area (Å²) in [4.78, 5) is 3.20. The second-order valence-electron chi connectivity index (χ2n) is 3.28. The lowest BCUT2D eigenvalue weighted by Crippen LogP contribution is -1.90. The number of benzene rings is 1. The average Bonchev–Trinajstić information content (AvgIpc) is 2.71. The van der Waals surface area contributed by atoms with Gasteiger partial charge in [-0.15, -0.1) is 0 Å². The van der Waals surface area contributed by atoms with E-state index in [1.807, 2.05) is 24.4 Å². The maximum absolute atomic E-state index is 3.81. The van der Waals surface area contributed by atoms with Gasteiger partial charge in [0.15, 0.2) is 0 Å². The first-order valence-electron chi connectivity index (χ1n) is 4.73. The van der Waals surface area contributed by atoms with Crippen LogP contribution in [0.3, 0.4) is 0 Å². The third kappa shape index (κ3) is 1.77. The molecule has 1 aromatic carbocycles. The van der Waals surface area contributed by atoms with Gasteiger partial charge >= 0.3 is 0 Å². The quantitative estimate of drug-likeness (QED) is 0.751. The van der Waals surface area contributed by atoms with Gasteiger partial charge in [0.05, 0.1) is 0 Å². The highest BCUT2D eigenvalue weighted by atomic mass is 14.7. The van der Waals surface area contributed by atoms with Crippen molar-refractivity contribution < 1.29 is 0 Å². The molecule has 0 saturated heterocycles. The molecule has 0 atom stereocenters. The molecule has 1 heterocycles.